The molecule has 1 atom stereocenters. The minimum atomic E-state index is -0.410. The third kappa shape index (κ3) is 3.05. The molecule has 0 heterocycles. The first-order valence-corrected chi connectivity index (χ1v) is 6.79. The van der Waals surface area contributed by atoms with Crippen LogP contribution in [0.25, 0.3) is 0 Å². The minimum Gasteiger partial charge on any atom is -0.494 e. The van der Waals surface area contributed by atoms with E-state index in [9.17, 15) is 4.39 Å². The van der Waals surface area contributed by atoms with E-state index in [0.29, 0.717) is 5.56 Å². The number of nitrogens with one attached hydrogen (secondary N) is 1. The van der Waals surface area contributed by atoms with Crippen molar-refractivity contribution in [2.45, 2.75) is 6.04 Å². The van der Waals surface area contributed by atoms with E-state index in [1.807, 2.05) is 24.3 Å². The van der Waals surface area contributed by atoms with E-state index in [0.717, 1.165) is 9.13 Å². The van der Waals surface area contributed by atoms with E-state index in [1.165, 1.54) is 7.11 Å². The Hall–Kier alpha value is -1.18. The molecule has 0 aliphatic carbocycles. The fourth-order valence-corrected chi connectivity index (χ4v) is 2.29. The molecule has 0 aliphatic rings. The van der Waals surface area contributed by atoms with Crippen LogP contribution in [-0.2, 0) is 0 Å². The Labute approximate surface area is 125 Å². The maximum absolute atomic E-state index is 14.3. The van der Waals surface area contributed by atoms with Gasteiger partial charge in [0.25, 0.3) is 0 Å². The van der Waals surface area contributed by atoms with Gasteiger partial charge in [0.2, 0.25) is 0 Å². The monoisotopic (exact) mass is 372 g/mol. The van der Waals surface area contributed by atoms with Gasteiger partial charge in [-0.3, -0.25) is 5.84 Å². The summed E-state index contributed by atoms with van der Waals surface area (Å²) in [5.41, 5.74) is 4.01. The minimum absolute atomic E-state index is 0.211. The highest BCUT2D eigenvalue weighted by Crippen LogP contribution is 2.29. The zero-order valence-electron chi connectivity index (χ0n) is 10.4. The van der Waals surface area contributed by atoms with Crippen LogP contribution < -0.4 is 16.0 Å². The molecule has 0 saturated heterocycles. The van der Waals surface area contributed by atoms with Crippen LogP contribution in [0.3, 0.4) is 0 Å². The van der Waals surface area contributed by atoms with E-state index in [1.54, 1.807) is 18.2 Å². The molecule has 3 nitrogen and oxygen atoms in total. The molecule has 0 fully saturated rings. The zero-order chi connectivity index (χ0) is 13.8. The summed E-state index contributed by atoms with van der Waals surface area (Å²) in [5, 5.41) is 0. The number of rotatable bonds is 4. The number of benzene rings is 2. The molecule has 0 saturated carbocycles. The molecule has 1 unspecified atom stereocenters. The van der Waals surface area contributed by atoms with Crippen LogP contribution in [0.2, 0.25) is 0 Å². The smallest absolute Gasteiger partial charge is 0.170 e. The van der Waals surface area contributed by atoms with Gasteiger partial charge in [-0.25, -0.2) is 9.82 Å². The molecule has 2 aromatic rings. The highest BCUT2D eigenvalue weighted by Gasteiger charge is 2.18. The molecular weight excluding hydrogens is 358 g/mol. The lowest BCUT2D eigenvalue weighted by Crippen LogP contribution is -2.29. The Balaban J connectivity index is 2.45. The molecule has 0 spiro atoms. The number of ether oxygens (including phenoxy) is 1. The second-order valence-corrected chi connectivity index (χ2v) is 5.26. The Bertz CT molecular complexity index is 560. The zero-order valence-corrected chi connectivity index (χ0v) is 12.5. The van der Waals surface area contributed by atoms with Gasteiger partial charge in [-0.1, -0.05) is 24.3 Å². The molecule has 0 aliphatic heterocycles. The molecule has 0 radical (unpaired) electrons. The van der Waals surface area contributed by atoms with Gasteiger partial charge in [0, 0.05) is 9.13 Å². The Morgan fingerprint density at radius 2 is 1.89 bits per heavy atom. The number of halogens is 2. The third-order valence-corrected chi connectivity index (χ3v) is 3.61. The van der Waals surface area contributed by atoms with Crippen LogP contribution in [0.5, 0.6) is 5.75 Å². The summed E-state index contributed by atoms with van der Waals surface area (Å²) in [6.45, 7) is 0. The first-order chi connectivity index (χ1) is 9.17. The van der Waals surface area contributed by atoms with Crippen LogP contribution >= 0.6 is 22.6 Å². The van der Waals surface area contributed by atoms with Gasteiger partial charge in [-0.05, 0) is 46.4 Å². The topological polar surface area (TPSA) is 47.3 Å². The first kappa shape index (κ1) is 14.2. The molecule has 0 amide bonds. The largest absolute Gasteiger partial charge is 0.494 e. The normalized spacial score (nSPS) is 12.2. The number of nitrogens with two attached hydrogens (primary N) is 1. The van der Waals surface area contributed by atoms with Gasteiger partial charge >= 0.3 is 0 Å². The van der Waals surface area contributed by atoms with Gasteiger partial charge in [-0.2, -0.15) is 0 Å². The van der Waals surface area contributed by atoms with Gasteiger partial charge in [0.15, 0.2) is 11.6 Å². The Kier molecular flexibility index (Phi) is 4.73. The maximum Gasteiger partial charge on any atom is 0.170 e. The van der Waals surface area contributed by atoms with Crippen molar-refractivity contribution in [1.29, 1.82) is 0 Å². The van der Waals surface area contributed by atoms with Crippen molar-refractivity contribution in [3.05, 3.63) is 63.0 Å². The van der Waals surface area contributed by atoms with E-state index in [-0.39, 0.29) is 5.75 Å². The SMILES string of the molecule is COc1cccc(C(NN)c2ccc(I)cc2)c1F. The number of hydrogen-bond donors (Lipinski definition) is 2. The first-order valence-electron chi connectivity index (χ1n) is 5.71. The van der Waals surface area contributed by atoms with E-state index in [2.05, 4.69) is 28.0 Å². The van der Waals surface area contributed by atoms with Crippen molar-refractivity contribution in [2.24, 2.45) is 5.84 Å². The van der Waals surface area contributed by atoms with Gasteiger partial charge in [0.05, 0.1) is 13.2 Å². The molecule has 3 N–H and O–H groups in total. The van der Waals surface area contributed by atoms with Crippen molar-refractivity contribution < 1.29 is 9.13 Å². The van der Waals surface area contributed by atoms with Crippen molar-refractivity contribution in [3.8, 4) is 5.75 Å². The van der Waals surface area contributed by atoms with Gasteiger partial charge in [0.1, 0.15) is 0 Å². The quantitative estimate of drug-likeness (QED) is 0.493. The van der Waals surface area contributed by atoms with E-state index in [4.69, 9.17) is 10.6 Å². The summed E-state index contributed by atoms with van der Waals surface area (Å²) < 4.78 is 20.4. The average Bonchev–Trinajstić information content (AvgIpc) is 2.43. The second-order valence-electron chi connectivity index (χ2n) is 4.01. The van der Waals surface area contributed by atoms with Crippen molar-refractivity contribution in [1.82, 2.24) is 5.43 Å². The Morgan fingerprint density at radius 1 is 1.21 bits per heavy atom. The summed E-state index contributed by atoms with van der Waals surface area (Å²) in [4.78, 5) is 0. The summed E-state index contributed by atoms with van der Waals surface area (Å²) in [6.07, 6.45) is 0. The van der Waals surface area contributed by atoms with Crippen LogP contribution in [0.4, 0.5) is 4.39 Å². The predicted octanol–water partition coefficient (Wildman–Crippen LogP) is 2.99. The lowest BCUT2D eigenvalue weighted by molar-refractivity contribution is 0.381. The third-order valence-electron chi connectivity index (χ3n) is 2.89. The summed E-state index contributed by atoms with van der Waals surface area (Å²) >= 11 is 2.22. The second kappa shape index (κ2) is 6.31. The van der Waals surface area contributed by atoms with Crippen molar-refractivity contribution >= 4 is 22.6 Å². The molecule has 2 aromatic carbocycles. The van der Waals surface area contributed by atoms with Gasteiger partial charge < -0.3 is 4.74 Å². The number of hydrogen-bond acceptors (Lipinski definition) is 3. The fourth-order valence-electron chi connectivity index (χ4n) is 1.93. The fraction of sp³-hybridized carbons (Fsp3) is 0.143. The summed E-state index contributed by atoms with van der Waals surface area (Å²) in [5.74, 6) is 5.39. The number of methoxy groups -OCH3 is 1. The standard InChI is InChI=1S/C14H14FIN2O/c1-19-12-4-2-3-11(13(12)15)14(18-17)9-5-7-10(16)8-6-9/h2-8,14,18H,17H2,1H3. The highest BCUT2D eigenvalue weighted by molar-refractivity contribution is 14.1. The predicted molar refractivity (Wildman–Crippen MR) is 81.3 cm³/mol. The molecule has 2 rings (SSSR count). The van der Waals surface area contributed by atoms with E-state index < -0.39 is 11.9 Å². The molecule has 5 heteroatoms. The molecule has 19 heavy (non-hydrogen) atoms. The molecular formula is C14H14FIN2O. The number of hydrazine groups is 1. The lowest BCUT2D eigenvalue weighted by atomic mass is 9.98. The molecule has 100 valence electrons. The van der Waals surface area contributed by atoms with Crippen LogP contribution in [-0.4, -0.2) is 7.11 Å². The van der Waals surface area contributed by atoms with Crippen LogP contribution in [0.1, 0.15) is 17.2 Å². The van der Waals surface area contributed by atoms with E-state index >= 15 is 0 Å². The lowest BCUT2D eigenvalue weighted by Gasteiger charge is -2.18. The average molecular weight is 372 g/mol. The maximum atomic E-state index is 14.3. The van der Waals surface area contributed by atoms with Gasteiger partial charge in [-0.15, -0.1) is 0 Å². The van der Waals surface area contributed by atoms with Crippen molar-refractivity contribution in [2.75, 3.05) is 7.11 Å². The molecule has 0 aromatic heterocycles. The van der Waals surface area contributed by atoms with Crippen LogP contribution in [0, 0.1) is 9.39 Å². The van der Waals surface area contributed by atoms with Crippen LogP contribution in [0.15, 0.2) is 42.5 Å². The summed E-state index contributed by atoms with van der Waals surface area (Å²) in [7, 11) is 1.44. The summed E-state index contributed by atoms with van der Waals surface area (Å²) in [6, 6.07) is 12.4. The molecule has 0 bridgehead atoms. The Morgan fingerprint density at radius 3 is 2.47 bits per heavy atom. The van der Waals surface area contributed by atoms with Crippen molar-refractivity contribution in [3.63, 3.8) is 0 Å². The highest BCUT2D eigenvalue weighted by atomic mass is 127.